The lowest BCUT2D eigenvalue weighted by molar-refractivity contribution is -0.124. The summed E-state index contributed by atoms with van der Waals surface area (Å²) < 4.78 is 31.5. The van der Waals surface area contributed by atoms with Gasteiger partial charge in [0.25, 0.3) is 0 Å². The van der Waals surface area contributed by atoms with Crippen molar-refractivity contribution < 1.29 is 27.9 Å². The zero-order chi connectivity index (χ0) is 19.7. The van der Waals surface area contributed by atoms with Crippen molar-refractivity contribution in [3.8, 4) is 5.75 Å². The topological polar surface area (TPSA) is 134 Å². The Morgan fingerprint density at radius 3 is 2.35 bits per heavy atom. The molecule has 0 aromatic heterocycles. The van der Waals surface area contributed by atoms with Crippen LogP contribution in [0.5, 0.6) is 5.75 Å². The SMILES string of the molecule is CCC(C)C(NC(=O)O)C(=O)NCCS(=O)(=O)Nc1ccc(OC)cc1. The highest BCUT2D eigenvalue weighted by Crippen LogP contribution is 2.16. The number of ether oxygens (including phenoxy) is 1. The van der Waals surface area contributed by atoms with Gasteiger partial charge in [-0.15, -0.1) is 0 Å². The van der Waals surface area contributed by atoms with E-state index in [2.05, 4.69) is 15.4 Å². The number of carboxylic acid groups (broad SMARTS) is 1. The Morgan fingerprint density at radius 1 is 1.23 bits per heavy atom. The van der Waals surface area contributed by atoms with E-state index in [1.165, 1.54) is 7.11 Å². The first kappa shape index (κ1) is 21.6. The summed E-state index contributed by atoms with van der Waals surface area (Å²) >= 11 is 0. The van der Waals surface area contributed by atoms with E-state index in [9.17, 15) is 18.0 Å². The number of anilines is 1. The summed E-state index contributed by atoms with van der Waals surface area (Å²) in [6.07, 6.45) is -0.713. The highest BCUT2D eigenvalue weighted by molar-refractivity contribution is 7.92. The van der Waals surface area contributed by atoms with Crippen molar-refractivity contribution in [3.05, 3.63) is 24.3 Å². The molecule has 2 amide bonds. The molecule has 0 heterocycles. The van der Waals surface area contributed by atoms with Gasteiger partial charge in [0.2, 0.25) is 15.9 Å². The summed E-state index contributed by atoms with van der Waals surface area (Å²) in [5.41, 5.74) is 0.377. The van der Waals surface area contributed by atoms with Gasteiger partial charge in [-0.2, -0.15) is 0 Å². The monoisotopic (exact) mass is 387 g/mol. The molecule has 10 heteroatoms. The minimum atomic E-state index is -3.67. The van der Waals surface area contributed by atoms with Gasteiger partial charge < -0.3 is 20.5 Å². The molecule has 0 saturated heterocycles. The fourth-order valence-electron chi connectivity index (χ4n) is 2.14. The Hall–Kier alpha value is -2.49. The molecule has 9 nitrogen and oxygen atoms in total. The molecule has 26 heavy (non-hydrogen) atoms. The summed E-state index contributed by atoms with van der Waals surface area (Å²) in [6.45, 7) is 3.43. The van der Waals surface area contributed by atoms with E-state index in [1.807, 2.05) is 6.92 Å². The average molecular weight is 387 g/mol. The molecule has 2 atom stereocenters. The van der Waals surface area contributed by atoms with Crippen LogP contribution in [0.4, 0.5) is 10.5 Å². The number of carbonyl (C=O) groups is 2. The summed E-state index contributed by atoms with van der Waals surface area (Å²) in [7, 11) is -2.16. The summed E-state index contributed by atoms with van der Waals surface area (Å²) in [5.74, 6) is -0.519. The number of carbonyl (C=O) groups excluding carboxylic acids is 1. The van der Waals surface area contributed by atoms with Crippen molar-refractivity contribution in [2.24, 2.45) is 5.92 Å². The second kappa shape index (κ2) is 9.85. The number of amides is 2. The van der Waals surface area contributed by atoms with Gasteiger partial charge in [-0.25, -0.2) is 13.2 Å². The number of rotatable bonds is 10. The van der Waals surface area contributed by atoms with Crippen LogP contribution in [0.1, 0.15) is 20.3 Å². The first-order valence-electron chi connectivity index (χ1n) is 8.10. The summed E-state index contributed by atoms with van der Waals surface area (Å²) in [6, 6.07) is 5.42. The molecule has 0 aliphatic heterocycles. The van der Waals surface area contributed by atoms with E-state index in [-0.39, 0.29) is 18.2 Å². The van der Waals surface area contributed by atoms with Gasteiger partial charge in [0.15, 0.2) is 0 Å². The first-order chi connectivity index (χ1) is 12.2. The standard InChI is InChI=1S/C16H25N3O6S/c1-4-11(2)14(18-16(21)22)15(20)17-9-10-26(23,24)19-12-5-7-13(25-3)8-6-12/h5-8,11,14,18-19H,4,9-10H2,1-3H3,(H,17,20)(H,21,22). The van der Waals surface area contributed by atoms with Crippen molar-refractivity contribution in [1.82, 2.24) is 10.6 Å². The Bertz CT molecular complexity index is 705. The third-order valence-corrected chi connectivity index (χ3v) is 5.10. The van der Waals surface area contributed by atoms with E-state index < -0.39 is 28.1 Å². The number of sulfonamides is 1. The molecule has 0 aliphatic rings. The van der Waals surface area contributed by atoms with Crippen molar-refractivity contribution in [1.29, 1.82) is 0 Å². The van der Waals surface area contributed by atoms with Gasteiger partial charge in [-0.3, -0.25) is 9.52 Å². The summed E-state index contributed by atoms with van der Waals surface area (Å²) in [4.78, 5) is 22.9. The van der Waals surface area contributed by atoms with E-state index in [1.54, 1.807) is 31.2 Å². The lowest BCUT2D eigenvalue weighted by Gasteiger charge is -2.22. The smallest absolute Gasteiger partial charge is 0.405 e. The lowest BCUT2D eigenvalue weighted by atomic mass is 9.98. The number of benzene rings is 1. The molecule has 1 rings (SSSR count). The maximum absolute atomic E-state index is 12.1. The van der Waals surface area contributed by atoms with Crippen LogP contribution in [0.15, 0.2) is 24.3 Å². The number of hydrogen-bond donors (Lipinski definition) is 4. The normalized spacial score (nSPS) is 13.3. The van der Waals surface area contributed by atoms with E-state index in [0.717, 1.165) is 0 Å². The third kappa shape index (κ3) is 7.18. The van der Waals surface area contributed by atoms with Crippen LogP contribution in [0.2, 0.25) is 0 Å². The zero-order valence-corrected chi connectivity index (χ0v) is 15.8. The van der Waals surface area contributed by atoms with Crippen LogP contribution in [0.3, 0.4) is 0 Å². The van der Waals surface area contributed by atoms with Gasteiger partial charge in [-0.1, -0.05) is 20.3 Å². The molecule has 1 aromatic carbocycles. The third-order valence-electron chi connectivity index (χ3n) is 3.81. The fourth-order valence-corrected chi connectivity index (χ4v) is 3.11. The molecule has 0 radical (unpaired) electrons. The van der Waals surface area contributed by atoms with Gasteiger partial charge in [0.1, 0.15) is 11.8 Å². The van der Waals surface area contributed by atoms with Crippen LogP contribution in [-0.4, -0.2) is 51.0 Å². The minimum absolute atomic E-state index is 0.140. The van der Waals surface area contributed by atoms with Crippen molar-refractivity contribution in [2.75, 3.05) is 24.1 Å². The zero-order valence-electron chi connectivity index (χ0n) is 15.0. The van der Waals surface area contributed by atoms with Gasteiger partial charge in [0.05, 0.1) is 12.9 Å². The molecule has 4 N–H and O–H groups in total. The molecular weight excluding hydrogens is 362 g/mol. The number of methoxy groups -OCH3 is 1. The second-order valence-electron chi connectivity index (χ2n) is 5.75. The Morgan fingerprint density at radius 2 is 1.85 bits per heavy atom. The lowest BCUT2D eigenvalue weighted by Crippen LogP contribution is -2.50. The molecular formula is C16H25N3O6S. The van der Waals surface area contributed by atoms with Crippen LogP contribution in [0, 0.1) is 5.92 Å². The number of nitrogens with one attached hydrogen (secondary N) is 3. The fraction of sp³-hybridized carbons (Fsp3) is 0.500. The maximum atomic E-state index is 12.1. The van der Waals surface area contributed by atoms with E-state index in [4.69, 9.17) is 9.84 Å². The van der Waals surface area contributed by atoms with E-state index in [0.29, 0.717) is 17.9 Å². The molecule has 0 spiro atoms. The number of hydrogen-bond acceptors (Lipinski definition) is 5. The largest absolute Gasteiger partial charge is 0.497 e. The van der Waals surface area contributed by atoms with Crippen LogP contribution in [-0.2, 0) is 14.8 Å². The quantitative estimate of drug-likeness (QED) is 0.477. The molecule has 146 valence electrons. The maximum Gasteiger partial charge on any atom is 0.405 e. The predicted molar refractivity (Wildman–Crippen MR) is 97.8 cm³/mol. The Kier molecular flexibility index (Phi) is 8.17. The molecule has 0 fully saturated rings. The molecule has 2 unspecified atom stereocenters. The van der Waals surface area contributed by atoms with Crippen molar-refractivity contribution >= 4 is 27.7 Å². The molecule has 0 aliphatic carbocycles. The van der Waals surface area contributed by atoms with Crippen LogP contribution >= 0.6 is 0 Å². The van der Waals surface area contributed by atoms with Gasteiger partial charge in [0, 0.05) is 12.2 Å². The Balaban J connectivity index is 2.57. The van der Waals surface area contributed by atoms with Gasteiger partial charge in [-0.05, 0) is 30.2 Å². The second-order valence-corrected chi connectivity index (χ2v) is 7.60. The van der Waals surface area contributed by atoms with Crippen LogP contribution < -0.4 is 20.1 Å². The van der Waals surface area contributed by atoms with Gasteiger partial charge >= 0.3 is 6.09 Å². The minimum Gasteiger partial charge on any atom is -0.497 e. The summed E-state index contributed by atoms with van der Waals surface area (Å²) in [5, 5.41) is 13.4. The van der Waals surface area contributed by atoms with Crippen molar-refractivity contribution in [3.63, 3.8) is 0 Å². The first-order valence-corrected chi connectivity index (χ1v) is 9.75. The highest BCUT2D eigenvalue weighted by Gasteiger charge is 2.25. The molecule has 1 aromatic rings. The van der Waals surface area contributed by atoms with Crippen molar-refractivity contribution in [2.45, 2.75) is 26.3 Å². The Labute approximate surface area is 153 Å². The average Bonchev–Trinajstić information content (AvgIpc) is 2.58. The van der Waals surface area contributed by atoms with Crippen LogP contribution in [0.25, 0.3) is 0 Å². The van der Waals surface area contributed by atoms with E-state index >= 15 is 0 Å². The molecule has 0 bridgehead atoms. The molecule has 0 saturated carbocycles. The highest BCUT2D eigenvalue weighted by atomic mass is 32.2. The predicted octanol–water partition coefficient (Wildman–Crippen LogP) is 1.24.